The lowest BCUT2D eigenvalue weighted by Crippen LogP contribution is -2.07. The van der Waals surface area contributed by atoms with Crippen molar-refractivity contribution in [1.29, 1.82) is 0 Å². The molecule has 4 nitrogen and oxygen atoms in total. The number of esters is 1. The third-order valence-electron chi connectivity index (χ3n) is 6.07. The highest BCUT2D eigenvalue weighted by Crippen LogP contribution is 2.16. The highest BCUT2D eigenvalue weighted by molar-refractivity contribution is 6.06. The first kappa shape index (κ1) is 28.7. The Morgan fingerprint density at radius 3 is 2.08 bits per heavy atom. The van der Waals surface area contributed by atoms with E-state index in [0.717, 1.165) is 56.3 Å². The van der Waals surface area contributed by atoms with Crippen LogP contribution in [-0.4, -0.2) is 18.4 Å². The van der Waals surface area contributed by atoms with Gasteiger partial charge < -0.3 is 9.47 Å². The van der Waals surface area contributed by atoms with Crippen LogP contribution in [0.2, 0.25) is 0 Å². The first-order valence-electron chi connectivity index (χ1n) is 13.1. The van der Waals surface area contributed by atoms with Gasteiger partial charge in [-0.3, -0.25) is 9.59 Å². The van der Waals surface area contributed by atoms with Gasteiger partial charge in [0.15, 0.2) is 5.78 Å². The molecule has 0 aliphatic carbocycles. The number of unbranched alkanes of at least 4 members (excludes halogenated alkanes) is 5. The predicted molar refractivity (Wildman–Crippen MR) is 150 cm³/mol. The fraction of sp³-hybridized carbons (Fsp3) is 0.273. The average molecular weight is 515 g/mol. The van der Waals surface area contributed by atoms with Gasteiger partial charge in [-0.05, 0) is 72.0 Å². The number of hydrogen-bond donors (Lipinski definition) is 0. The molecule has 38 heavy (non-hydrogen) atoms. The van der Waals surface area contributed by atoms with Gasteiger partial charge in [-0.2, -0.15) is 0 Å². The quantitative estimate of drug-likeness (QED) is 0.0635. The molecule has 0 unspecified atom stereocenters. The molecule has 0 saturated carbocycles. The molecule has 3 aromatic rings. The van der Waals surface area contributed by atoms with Crippen molar-refractivity contribution in [3.63, 3.8) is 0 Å². The molecule has 0 N–H and O–H groups in total. The molecule has 0 aromatic heterocycles. The van der Waals surface area contributed by atoms with E-state index in [-0.39, 0.29) is 17.6 Å². The summed E-state index contributed by atoms with van der Waals surface area (Å²) in [6.07, 6.45) is 11.5. The van der Waals surface area contributed by atoms with Crippen LogP contribution in [0.25, 0.3) is 12.2 Å². The number of carbonyl (C=O) groups is 2. The molecule has 3 aromatic carbocycles. The summed E-state index contributed by atoms with van der Waals surface area (Å²) >= 11 is 0. The average Bonchev–Trinajstić information content (AvgIpc) is 2.94. The highest BCUT2D eigenvalue weighted by atomic mass is 19.1. The monoisotopic (exact) mass is 514 g/mol. The lowest BCUT2D eigenvalue weighted by atomic mass is 10.1. The van der Waals surface area contributed by atoms with Crippen LogP contribution in [0.4, 0.5) is 4.39 Å². The maximum Gasteiger partial charge on any atom is 0.311 e. The Morgan fingerprint density at radius 1 is 0.763 bits per heavy atom. The summed E-state index contributed by atoms with van der Waals surface area (Å²) in [5.74, 6) is -0.349. The standard InChI is InChI=1S/C33H35FO4/c1-2-26-10-12-28(13-11-26)25-37-24-8-6-4-3-5-7-9-33(36)38-31-21-14-27(15-22-31)16-23-32(35)29-17-19-30(34)20-18-29/h2,10-23H,1,3-9,24-25H2. The van der Waals surface area contributed by atoms with E-state index in [2.05, 4.69) is 18.7 Å². The summed E-state index contributed by atoms with van der Waals surface area (Å²) < 4.78 is 24.1. The normalized spacial score (nSPS) is 11.0. The fourth-order valence-corrected chi connectivity index (χ4v) is 3.83. The van der Waals surface area contributed by atoms with Crippen LogP contribution < -0.4 is 4.74 Å². The van der Waals surface area contributed by atoms with Gasteiger partial charge in [0.2, 0.25) is 0 Å². The predicted octanol–water partition coefficient (Wildman–Crippen LogP) is 8.22. The molecule has 0 aliphatic heterocycles. The van der Waals surface area contributed by atoms with Crippen molar-refractivity contribution in [1.82, 2.24) is 0 Å². The first-order valence-corrected chi connectivity index (χ1v) is 13.1. The Bertz CT molecular complexity index is 1180. The number of ketones is 1. The van der Waals surface area contributed by atoms with Crippen molar-refractivity contribution in [3.8, 4) is 5.75 Å². The minimum Gasteiger partial charge on any atom is -0.427 e. The minimum atomic E-state index is -0.379. The number of allylic oxidation sites excluding steroid dienone is 1. The van der Waals surface area contributed by atoms with E-state index >= 15 is 0 Å². The molecular formula is C33H35FO4. The number of rotatable bonds is 16. The summed E-state index contributed by atoms with van der Waals surface area (Å²) in [7, 11) is 0. The number of ether oxygens (including phenoxy) is 2. The van der Waals surface area contributed by atoms with E-state index in [1.807, 2.05) is 18.2 Å². The van der Waals surface area contributed by atoms with Crippen molar-refractivity contribution < 1.29 is 23.5 Å². The van der Waals surface area contributed by atoms with Crippen molar-refractivity contribution in [3.05, 3.63) is 114 Å². The zero-order chi connectivity index (χ0) is 27.0. The molecule has 0 saturated heterocycles. The minimum absolute atomic E-state index is 0.209. The molecule has 0 bridgehead atoms. The molecule has 0 radical (unpaired) electrons. The molecule has 0 aliphatic rings. The van der Waals surface area contributed by atoms with Crippen LogP contribution in [-0.2, 0) is 16.1 Å². The van der Waals surface area contributed by atoms with Gasteiger partial charge in [0.25, 0.3) is 0 Å². The van der Waals surface area contributed by atoms with Gasteiger partial charge >= 0.3 is 5.97 Å². The second kappa shape index (κ2) is 16.1. The van der Waals surface area contributed by atoms with Gasteiger partial charge in [0, 0.05) is 18.6 Å². The molecule has 0 atom stereocenters. The van der Waals surface area contributed by atoms with Crippen LogP contribution in [0.1, 0.15) is 72.0 Å². The lowest BCUT2D eigenvalue weighted by Gasteiger charge is -2.06. The molecule has 0 amide bonds. The van der Waals surface area contributed by atoms with Crippen LogP contribution in [0, 0.1) is 5.82 Å². The molecular weight excluding hydrogens is 479 g/mol. The number of halogens is 1. The molecule has 198 valence electrons. The zero-order valence-corrected chi connectivity index (χ0v) is 21.7. The molecule has 0 spiro atoms. The van der Waals surface area contributed by atoms with Crippen molar-refractivity contribution in [2.75, 3.05) is 6.61 Å². The van der Waals surface area contributed by atoms with Crippen LogP contribution in [0.15, 0.2) is 85.5 Å². The van der Waals surface area contributed by atoms with E-state index in [9.17, 15) is 14.0 Å². The van der Waals surface area contributed by atoms with E-state index < -0.39 is 0 Å². The maximum atomic E-state index is 13.0. The van der Waals surface area contributed by atoms with Gasteiger partial charge in [-0.1, -0.05) is 80.8 Å². The summed E-state index contributed by atoms with van der Waals surface area (Å²) in [4.78, 5) is 24.3. The van der Waals surface area contributed by atoms with Gasteiger partial charge in [-0.25, -0.2) is 4.39 Å². The second-order valence-electron chi connectivity index (χ2n) is 9.12. The highest BCUT2D eigenvalue weighted by Gasteiger charge is 2.05. The Morgan fingerprint density at radius 2 is 1.39 bits per heavy atom. The topological polar surface area (TPSA) is 52.6 Å². The van der Waals surface area contributed by atoms with Gasteiger partial charge in [0.05, 0.1) is 6.61 Å². The van der Waals surface area contributed by atoms with Gasteiger partial charge in [0.1, 0.15) is 11.6 Å². The summed E-state index contributed by atoms with van der Waals surface area (Å²) in [5, 5.41) is 0. The van der Waals surface area contributed by atoms with Crippen molar-refractivity contribution in [2.45, 2.75) is 51.6 Å². The van der Waals surface area contributed by atoms with Crippen molar-refractivity contribution >= 4 is 23.9 Å². The Kier molecular flexibility index (Phi) is 12.2. The summed E-state index contributed by atoms with van der Waals surface area (Å²) in [6, 6.07) is 20.6. The fourth-order valence-electron chi connectivity index (χ4n) is 3.83. The molecule has 0 fully saturated rings. The number of benzene rings is 3. The number of hydrogen-bond acceptors (Lipinski definition) is 4. The van der Waals surface area contributed by atoms with E-state index in [1.54, 1.807) is 30.3 Å². The van der Waals surface area contributed by atoms with E-state index in [1.165, 1.54) is 35.9 Å². The van der Waals surface area contributed by atoms with Crippen molar-refractivity contribution in [2.24, 2.45) is 0 Å². The largest absolute Gasteiger partial charge is 0.427 e. The SMILES string of the molecule is C=Cc1ccc(COCCCCCCCCC(=O)Oc2ccc(C=CC(=O)c3ccc(F)cc3)cc2)cc1. The first-order chi connectivity index (χ1) is 18.5. The third kappa shape index (κ3) is 10.7. The Labute approximate surface area is 224 Å². The summed E-state index contributed by atoms with van der Waals surface area (Å²) in [6.45, 7) is 5.15. The Balaban J connectivity index is 1.21. The van der Waals surface area contributed by atoms with Crippen LogP contribution in [0.5, 0.6) is 5.75 Å². The molecule has 5 heteroatoms. The Hall–Kier alpha value is -3.83. The van der Waals surface area contributed by atoms with Gasteiger partial charge in [-0.15, -0.1) is 0 Å². The second-order valence-corrected chi connectivity index (χ2v) is 9.12. The van der Waals surface area contributed by atoms with Crippen LogP contribution in [0.3, 0.4) is 0 Å². The maximum absolute atomic E-state index is 13.0. The molecule has 0 heterocycles. The third-order valence-corrected chi connectivity index (χ3v) is 6.07. The molecule has 3 rings (SSSR count). The van der Waals surface area contributed by atoms with E-state index in [0.29, 0.717) is 24.3 Å². The smallest absolute Gasteiger partial charge is 0.311 e. The van der Waals surface area contributed by atoms with E-state index in [4.69, 9.17) is 9.47 Å². The zero-order valence-electron chi connectivity index (χ0n) is 21.7. The number of carbonyl (C=O) groups excluding carboxylic acids is 2. The van der Waals surface area contributed by atoms with Crippen LogP contribution >= 0.6 is 0 Å². The summed E-state index contributed by atoms with van der Waals surface area (Å²) in [5.41, 5.74) is 3.50. The lowest BCUT2D eigenvalue weighted by molar-refractivity contribution is -0.134.